The summed E-state index contributed by atoms with van der Waals surface area (Å²) in [7, 11) is 0. The van der Waals surface area contributed by atoms with Crippen LogP contribution >= 0.6 is 11.6 Å². The first-order valence-electron chi connectivity index (χ1n) is 9.04. The minimum Gasteiger partial charge on any atom is -0.435 e. The lowest BCUT2D eigenvalue weighted by molar-refractivity contribution is 0.0714. The summed E-state index contributed by atoms with van der Waals surface area (Å²) in [6.45, 7) is 4.15. The number of benzene rings is 2. The first-order chi connectivity index (χ1) is 13.5. The number of oxazole rings is 1. The maximum absolute atomic E-state index is 13.6. The number of rotatable bonds is 3. The van der Waals surface area contributed by atoms with E-state index in [1.54, 1.807) is 24.0 Å². The van der Waals surface area contributed by atoms with Gasteiger partial charge >= 0.3 is 0 Å². The second kappa shape index (κ2) is 7.64. The highest BCUT2D eigenvalue weighted by molar-refractivity contribution is 6.30. The molecule has 4 rings (SSSR count). The van der Waals surface area contributed by atoms with Crippen molar-refractivity contribution >= 4 is 23.2 Å². The average molecular weight is 400 g/mol. The van der Waals surface area contributed by atoms with Crippen LogP contribution in [0.2, 0.25) is 5.02 Å². The Hall–Kier alpha value is -2.86. The van der Waals surface area contributed by atoms with Crippen LogP contribution in [0, 0.1) is 12.7 Å². The van der Waals surface area contributed by atoms with Crippen molar-refractivity contribution in [1.29, 1.82) is 0 Å². The number of aromatic nitrogens is 1. The van der Waals surface area contributed by atoms with Crippen LogP contribution in [0.4, 0.5) is 10.1 Å². The van der Waals surface area contributed by atoms with Gasteiger partial charge in [0.25, 0.3) is 5.91 Å². The number of aryl methyl sites for hydroxylation is 1. The third kappa shape index (κ3) is 3.73. The van der Waals surface area contributed by atoms with Gasteiger partial charge in [-0.25, -0.2) is 9.37 Å². The van der Waals surface area contributed by atoms with Crippen molar-refractivity contribution in [3.8, 4) is 11.3 Å². The molecule has 0 N–H and O–H groups in total. The molecule has 1 amide bonds. The van der Waals surface area contributed by atoms with Crippen molar-refractivity contribution in [1.82, 2.24) is 9.88 Å². The van der Waals surface area contributed by atoms with Gasteiger partial charge in [0.2, 0.25) is 5.76 Å². The van der Waals surface area contributed by atoms with E-state index in [0.29, 0.717) is 48.3 Å². The molecule has 3 aromatic rings. The highest BCUT2D eigenvalue weighted by Crippen LogP contribution is 2.27. The molecule has 7 heteroatoms. The monoisotopic (exact) mass is 399 g/mol. The molecule has 0 unspecified atom stereocenters. The van der Waals surface area contributed by atoms with E-state index in [1.165, 1.54) is 12.1 Å². The lowest BCUT2D eigenvalue weighted by Gasteiger charge is -2.35. The quantitative estimate of drug-likeness (QED) is 0.654. The first kappa shape index (κ1) is 18.5. The van der Waals surface area contributed by atoms with Crippen LogP contribution in [0.1, 0.15) is 16.4 Å². The van der Waals surface area contributed by atoms with Crippen LogP contribution < -0.4 is 4.90 Å². The molecular weight excluding hydrogens is 381 g/mol. The van der Waals surface area contributed by atoms with Crippen molar-refractivity contribution in [3.63, 3.8) is 0 Å². The van der Waals surface area contributed by atoms with Gasteiger partial charge in [-0.05, 0) is 30.3 Å². The molecule has 1 fully saturated rings. The summed E-state index contributed by atoms with van der Waals surface area (Å²) in [4.78, 5) is 21.3. The molecule has 144 valence electrons. The molecule has 1 aromatic heterocycles. The molecule has 1 aliphatic rings. The van der Waals surface area contributed by atoms with E-state index in [1.807, 2.05) is 24.3 Å². The number of carbonyl (C=O) groups is 1. The van der Waals surface area contributed by atoms with Gasteiger partial charge in [0, 0.05) is 49.4 Å². The predicted molar refractivity (Wildman–Crippen MR) is 106 cm³/mol. The Morgan fingerprint density at radius 1 is 1.11 bits per heavy atom. The van der Waals surface area contributed by atoms with Crippen LogP contribution in [0.3, 0.4) is 0 Å². The minimum absolute atomic E-state index is 0.152. The molecule has 28 heavy (non-hydrogen) atoms. The van der Waals surface area contributed by atoms with Crippen LogP contribution in [-0.4, -0.2) is 42.0 Å². The zero-order valence-electron chi connectivity index (χ0n) is 15.4. The number of hydrogen-bond acceptors (Lipinski definition) is 4. The Morgan fingerprint density at radius 3 is 2.57 bits per heavy atom. The van der Waals surface area contributed by atoms with Crippen LogP contribution in [0.25, 0.3) is 11.3 Å². The maximum atomic E-state index is 13.6. The molecule has 5 nitrogen and oxygen atoms in total. The third-order valence-corrected chi connectivity index (χ3v) is 5.00. The fraction of sp³-hybridized carbons (Fsp3) is 0.238. The molecule has 0 radical (unpaired) electrons. The van der Waals surface area contributed by atoms with Crippen molar-refractivity contribution in [2.45, 2.75) is 6.92 Å². The predicted octanol–water partition coefficient (Wildman–Crippen LogP) is 4.40. The van der Waals surface area contributed by atoms with Crippen LogP contribution in [-0.2, 0) is 0 Å². The first-order valence-corrected chi connectivity index (χ1v) is 9.42. The van der Waals surface area contributed by atoms with E-state index in [2.05, 4.69) is 9.88 Å². The van der Waals surface area contributed by atoms with E-state index in [-0.39, 0.29) is 17.5 Å². The molecule has 2 aromatic carbocycles. The number of piperazine rings is 1. The summed E-state index contributed by atoms with van der Waals surface area (Å²) in [5.41, 5.74) is 1.94. The minimum atomic E-state index is -0.383. The smallest absolute Gasteiger partial charge is 0.292 e. The number of nitrogens with zero attached hydrogens (tertiary/aromatic N) is 3. The molecular formula is C21H19ClFN3O2. The molecule has 2 heterocycles. The van der Waals surface area contributed by atoms with Gasteiger partial charge in [-0.2, -0.15) is 0 Å². The Balaban J connectivity index is 1.52. The molecule has 0 spiro atoms. The number of hydrogen-bond donors (Lipinski definition) is 0. The highest BCUT2D eigenvalue weighted by atomic mass is 35.5. The lowest BCUT2D eigenvalue weighted by Crippen LogP contribution is -2.48. The van der Waals surface area contributed by atoms with E-state index in [9.17, 15) is 9.18 Å². The van der Waals surface area contributed by atoms with Crippen LogP contribution in [0.5, 0.6) is 0 Å². The van der Waals surface area contributed by atoms with E-state index >= 15 is 0 Å². The summed E-state index contributed by atoms with van der Waals surface area (Å²) in [5.74, 6) is -0.0863. The number of amides is 1. The van der Waals surface area contributed by atoms with Gasteiger partial charge in [-0.15, -0.1) is 0 Å². The largest absolute Gasteiger partial charge is 0.435 e. The molecule has 0 bridgehead atoms. The molecule has 0 atom stereocenters. The average Bonchev–Trinajstić information content (AvgIpc) is 3.09. The number of halogens is 2. The highest BCUT2D eigenvalue weighted by Gasteiger charge is 2.28. The van der Waals surface area contributed by atoms with Crippen molar-refractivity contribution < 1.29 is 13.6 Å². The van der Waals surface area contributed by atoms with Gasteiger partial charge in [-0.1, -0.05) is 29.8 Å². The zero-order valence-corrected chi connectivity index (χ0v) is 16.1. The summed E-state index contributed by atoms with van der Waals surface area (Å²) < 4.78 is 19.2. The Labute approximate surface area is 167 Å². The van der Waals surface area contributed by atoms with Crippen molar-refractivity contribution in [2.24, 2.45) is 0 Å². The standard InChI is InChI=1S/C21H19ClFN3O2/c1-14-24-19(15-4-2-6-17(23)12-15)20(28-14)21(27)26-10-8-25(9-11-26)18-7-3-5-16(22)13-18/h2-7,12-13H,8-11H2,1H3. The zero-order chi connectivity index (χ0) is 19.7. The topological polar surface area (TPSA) is 49.6 Å². The van der Waals surface area contributed by atoms with Crippen molar-refractivity contribution in [2.75, 3.05) is 31.1 Å². The Kier molecular flexibility index (Phi) is 5.05. The van der Waals surface area contributed by atoms with E-state index in [4.69, 9.17) is 16.0 Å². The van der Waals surface area contributed by atoms with Crippen molar-refractivity contribution in [3.05, 3.63) is 71.0 Å². The molecule has 1 saturated heterocycles. The molecule has 1 aliphatic heterocycles. The SMILES string of the molecule is Cc1nc(-c2cccc(F)c2)c(C(=O)N2CCN(c3cccc(Cl)c3)CC2)o1. The summed E-state index contributed by atoms with van der Waals surface area (Å²) in [6, 6.07) is 13.7. The normalized spacial score (nSPS) is 14.4. The maximum Gasteiger partial charge on any atom is 0.292 e. The summed E-state index contributed by atoms with van der Waals surface area (Å²) >= 11 is 6.08. The van der Waals surface area contributed by atoms with E-state index in [0.717, 1.165) is 5.69 Å². The Morgan fingerprint density at radius 2 is 1.86 bits per heavy atom. The molecule has 0 saturated carbocycles. The fourth-order valence-corrected chi connectivity index (χ4v) is 3.57. The number of anilines is 1. The Bertz CT molecular complexity index is 1010. The summed E-state index contributed by atoms with van der Waals surface area (Å²) in [5, 5.41) is 0.688. The van der Waals surface area contributed by atoms with Gasteiger partial charge in [0.1, 0.15) is 11.5 Å². The van der Waals surface area contributed by atoms with Gasteiger partial charge < -0.3 is 14.2 Å². The van der Waals surface area contributed by atoms with E-state index < -0.39 is 0 Å². The van der Waals surface area contributed by atoms with Gasteiger partial charge in [0.05, 0.1) is 0 Å². The third-order valence-electron chi connectivity index (χ3n) is 4.77. The second-order valence-electron chi connectivity index (χ2n) is 6.68. The number of carbonyl (C=O) groups excluding carboxylic acids is 1. The van der Waals surface area contributed by atoms with Gasteiger partial charge in [0.15, 0.2) is 5.89 Å². The summed E-state index contributed by atoms with van der Waals surface area (Å²) in [6.07, 6.45) is 0. The lowest BCUT2D eigenvalue weighted by atomic mass is 10.1. The second-order valence-corrected chi connectivity index (χ2v) is 7.12. The van der Waals surface area contributed by atoms with Gasteiger partial charge in [-0.3, -0.25) is 4.79 Å². The fourth-order valence-electron chi connectivity index (χ4n) is 3.39. The van der Waals surface area contributed by atoms with Crippen LogP contribution in [0.15, 0.2) is 52.9 Å². The molecule has 0 aliphatic carbocycles.